The predicted octanol–water partition coefficient (Wildman–Crippen LogP) is 6.31. The van der Waals surface area contributed by atoms with Crippen LogP contribution in [0.4, 0.5) is 17.1 Å². The van der Waals surface area contributed by atoms with E-state index >= 15 is 0 Å². The summed E-state index contributed by atoms with van der Waals surface area (Å²) in [7, 11) is 0. The standard InChI is InChI=1S/C35H43N3O3/c1-7-36-27-16-13-12-15-25(27)34(3,4)30(36)18-10-9-11-19-31-35(5,6)26-21-20-24(23-28(26)37(31)8-2)38-22-14-17-29(39)32(38)33(40)41/h9-13,15-16,18-21,23,29,32,39H,7-8,14,17,22H2,1-6H3/p+1. The Hall–Kier alpha value is -3.64. The monoisotopic (exact) mass is 554 g/mol. The SMILES string of the molecule is CCN1/C(=C/C=C/C=C/C2=[N+](CC)c3ccccc3C2(C)C)C(C)(C)c2ccc(N3CCCC(O)C3C(=O)O)cc21. The molecule has 2 aromatic rings. The third-order valence-electron chi connectivity index (χ3n) is 9.22. The van der Waals surface area contributed by atoms with Gasteiger partial charge in [-0.05, 0) is 64.3 Å². The number of hydrogen-bond acceptors (Lipinski definition) is 4. The van der Waals surface area contributed by atoms with Crippen molar-refractivity contribution in [3.63, 3.8) is 0 Å². The van der Waals surface area contributed by atoms with Gasteiger partial charge in [-0.2, -0.15) is 4.58 Å². The maximum absolute atomic E-state index is 12.0. The van der Waals surface area contributed by atoms with Crippen molar-refractivity contribution in [3.8, 4) is 0 Å². The minimum atomic E-state index is -0.978. The van der Waals surface area contributed by atoms with Crippen molar-refractivity contribution in [1.29, 1.82) is 0 Å². The van der Waals surface area contributed by atoms with Gasteiger partial charge in [0.1, 0.15) is 6.54 Å². The first-order valence-corrected chi connectivity index (χ1v) is 14.9. The first-order valence-electron chi connectivity index (χ1n) is 14.9. The Labute approximate surface area is 244 Å². The van der Waals surface area contributed by atoms with Crippen molar-refractivity contribution in [2.75, 3.05) is 29.4 Å². The maximum Gasteiger partial charge on any atom is 0.329 e. The number of fused-ring (bicyclic) bond motifs is 2. The molecule has 0 radical (unpaired) electrons. The number of carboxylic acid groups (broad SMARTS) is 1. The molecule has 1 fully saturated rings. The van der Waals surface area contributed by atoms with Crippen molar-refractivity contribution >= 4 is 28.7 Å². The number of allylic oxidation sites excluding steroid dienone is 6. The third-order valence-corrected chi connectivity index (χ3v) is 9.22. The number of likely N-dealkylation sites (N-methyl/N-ethyl adjacent to an activating group) is 1. The number of aliphatic carboxylic acids is 1. The summed E-state index contributed by atoms with van der Waals surface area (Å²) in [6.45, 7) is 15.8. The second-order valence-electron chi connectivity index (χ2n) is 12.3. The average molecular weight is 555 g/mol. The van der Waals surface area contributed by atoms with Crippen molar-refractivity contribution < 1.29 is 19.6 Å². The lowest BCUT2D eigenvalue weighted by molar-refractivity contribution is -0.433. The zero-order valence-corrected chi connectivity index (χ0v) is 25.3. The van der Waals surface area contributed by atoms with Crippen LogP contribution in [0.2, 0.25) is 0 Å². The van der Waals surface area contributed by atoms with Crippen LogP contribution in [0.25, 0.3) is 0 Å². The molecule has 0 saturated carbocycles. The third kappa shape index (κ3) is 4.82. The topological polar surface area (TPSA) is 67.0 Å². The summed E-state index contributed by atoms with van der Waals surface area (Å²) in [6, 6.07) is 14.0. The Balaban J connectivity index is 1.41. The van der Waals surface area contributed by atoms with Crippen LogP contribution >= 0.6 is 0 Å². The summed E-state index contributed by atoms with van der Waals surface area (Å²) in [5.74, 6) is -0.978. The summed E-state index contributed by atoms with van der Waals surface area (Å²) < 4.78 is 2.40. The molecular weight excluding hydrogens is 510 g/mol. The Bertz CT molecular complexity index is 1460. The maximum atomic E-state index is 12.0. The van der Waals surface area contributed by atoms with Crippen LogP contribution in [0.1, 0.15) is 65.5 Å². The van der Waals surface area contributed by atoms with Gasteiger partial charge in [-0.3, -0.25) is 0 Å². The molecular formula is C35H44N3O3+. The molecule has 0 aromatic heterocycles. The van der Waals surface area contributed by atoms with Crippen molar-refractivity contribution in [2.24, 2.45) is 0 Å². The first-order chi connectivity index (χ1) is 19.5. The zero-order chi connectivity index (χ0) is 29.5. The van der Waals surface area contributed by atoms with Gasteiger partial charge in [0.2, 0.25) is 5.69 Å². The molecule has 2 atom stereocenters. The molecule has 2 N–H and O–H groups in total. The predicted molar refractivity (Wildman–Crippen MR) is 168 cm³/mol. The van der Waals surface area contributed by atoms with Crippen molar-refractivity contribution in [1.82, 2.24) is 0 Å². The number of para-hydroxylation sites is 1. The van der Waals surface area contributed by atoms with Crippen LogP contribution < -0.4 is 9.80 Å². The highest BCUT2D eigenvalue weighted by atomic mass is 16.4. The summed E-state index contributed by atoms with van der Waals surface area (Å²) >= 11 is 0. The number of carbonyl (C=O) groups is 1. The molecule has 2 unspecified atom stereocenters. The second-order valence-corrected chi connectivity index (χ2v) is 12.3. The van der Waals surface area contributed by atoms with Crippen LogP contribution in [-0.4, -0.2) is 58.2 Å². The van der Waals surface area contributed by atoms with Crippen LogP contribution in [0, 0.1) is 0 Å². The highest BCUT2D eigenvalue weighted by Gasteiger charge is 2.44. The first kappa shape index (κ1) is 28.9. The van der Waals surface area contributed by atoms with Gasteiger partial charge in [0.25, 0.3) is 0 Å². The van der Waals surface area contributed by atoms with E-state index in [-0.39, 0.29) is 10.8 Å². The largest absolute Gasteiger partial charge is 0.480 e. The number of rotatable bonds is 7. The molecule has 5 rings (SSSR count). The summed E-state index contributed by atoms with van der Waals surface area (Å²) in [4.78, 5) is 16.2. The van der Waals surface area contributed by atoms with Gasteiger partial charge in [-0.25, -0.2) is 4.79 Å². The Morgan fingerprint density at radius 3 is 2.49 bits per heavy atom. The molecule has 0 bridgehead atoms. The minimum Gasteiger partial charge on any atom is -0.480 e. The summed E-state index contributed by atoms with van der Waals surface area (Å²) in [5.41, 5.74) is 8.10. The van der Waals surface area contributed by atoms with Crippen LogP contribution in [-0.2, 0) is 15.6 Å². The van der Waals surface area contributed by atoms with Gasteiger partial charge in [0.15, 0.2) is 11.8 Å². The number of benzene rings is 2. The van der Waals surface area contributed by atoms with E-state index in [1.54, 1.807) is 0 Å². The Kier molecular flexibility index (Phi) is 7.73. The van der Waals surface area contributed by atoms with Gasteiger partial charge in [0, 0.05) is 53.3 Å². The normalized spacial score (nSPS) is 24.1. The molecule has 1 saturated heterocycles. The van der Waals surface area contributed by atoms with Gasteiger partial charge in [0.05, 0.1) is 11.5 Å². The molecule has 3 aliphatic rings. The molecule has 0 spiro atoms. The molecule has 216 valence electrons. The molecule has 3 heterocycles. The molecule has 6 nitrogen and oxygen atoms in total. The minimum absolute atomic E-state index is 0.0503. The van der Waals surface area contributed by atoms with E-state index in [0.717, 1.165) is 30.9 Å². The van der Waals surface area contributed by atoms with E-state index in [0.29, 0.717) is 13.0 Å². The second kappa shape index (κ2) is 11.0. The Morgan fingerprint density at radius 2 is 1.78 bits per heavy atom. The van der Waals surface area contributed by atoms with Gasteiger partial charge in [-0.15, -0.1) is 0 Å². The number of hydrogen-bond donors (Lipinski definition) is 2. The number of aliphatic hydroxyl groups excluding tert-OH is 1. The summed E-state index contributed by atoms with van der Waals surface area (Å²) in [6.07, 6.45) is 11.2. The van der Waals surface area contributed by atoms with E-state index < -0.39 is 18.1 Å². The molecule has 6 heteroatoms. The highest BCUT2D eigenvalue weighted by Crippen LogP contribution is 2.49. The highest BCUT2D eigenvalue weighted by molar-refractivity contribution is 6.03. The number of anilines is 2. The molecule has 41 heavy (non-hydrogen) atoms. The van der Waals surface area contributed by atoms with Crippen molar-refractivity contribution in [2.45, 2.75) is 77.4 Å². The lowest BCUT2D eigenvalue weighted by Gasteiger charge is -2.38. The van der Waals surface area contributed by atoms with Crippen molar-refractivity contribution in [3.05, 3.63) is 89.7 Å². The summed E-state index contributed by atoms with van der Waals surface area (Å²) in [5, 5.41) is 20.3. The van der Waals surface area contributed by atoms with Gasteiger partial charge in [-0.1, -0.05) is 56.3 Å². The Morgan fingerprint density at radius 1 is 1.02 bits per heavy atom. The fraction of sp³-hybridized carbons (Fsp3) is 0.429. The molecule has 3 aliphatic heterocycles. The quantitative estimate of drug-likeness (QED) is 0.310. The molecule has 0 aliphatic carbocycles. The van der Waals surface area contributed by atoms with Gasteiger partial charge < -0.3 is 20.0 Å². The van der Waals surface area contributed by atoms with E-state index in [4.69, 9.17) is 0 Å². The van der Waals surface area contributed by atoms with Crippen LogP contribution in [0.15, 0.2) is 78.5 Å². The number of carboxylic acids is 1. The van der Waals surface area contributed by atoms with Gasteiger partial charge >= 0.3 is 5.97 Å². The van der Waals surface area contributed by atoms with E-state index in [1.165, 1.54) is 28.2 Å². The van der Waals surface area contributed by atoms with Crippen LogP contribution in [0.5, 0.6) is 0 Å². The fourth-order valence-electron chi connectivity index (χ4n) is 7.10. The number of nitrogens with zero attached hydrogens (tertiary/aromatic N) is 3. The smallest absolute Gasteiger partial charge is 0.329 e. The van der Waals surface area contributed by atoms with E-state index in [9.17, 15) is 15.0 Å². The number of aliphatic hydroxyl groups is 1. The van der Waals surface area contributed by atoms with Crippen LogP contribution in [0.3, 0.4) is 0 Å². The lowest BCUT2D eigenvalue weighted by Crippen LogP contribution is -2.53. The lowest BCUT2D eigenvalue weighted by atomic mass is 9.81. The van der Waals surface area contributed by atoms with E-state index in [1.807, 2.05) is 11.0 Å². The average Bonchev–Trinajstić information content (AvgIpc) is 3.30. The number of piperidine rings is 1. The fourth-order valence-corrected chi connectivity index (χ4v) is 7.10. The molecule has 2 aromatic carbocycles. The van der Waals surface area contributed by atoms with E-state index in [2.05, 4.69) is 118 Å². The zero-order valence-electron chi connectivity index (χ0n) is 25.3. The molecule has 0 amide bonds.